The summed E-state index contributed by atoms with van der Waals surface area (Å²) in [6.45, 7) is 8.62. The predicted molar refractivity (Wildman–Crippen MR) is 81.6 cm³/mol. The van der Waals surface area contributed by atoms with Crippen molar-refractivity contribution in [2.75, 3.05) is 0 Å². The number of carbonyl (C=O) groups is 1. The van der Waals surface area contributed by atoms with Gasteiger partial charge in [-0.3, -0.25) is 4.79 Å². The SMILES string of the molecule is CC1C2CC(C1C)C(C(O)C1CCCC(C)(C)OC1=O)C2. The summed E-state index contributed by atoms with van der Waals surface area (Å²) >= 11 is 0. The molecule has 3 heteroatoms. The number of aliphatic hydroxyl groups is 1. The van der Waals surface area contributed by atoms with E-state index in [-0.39, 0.29) is 17.5 Å². The van der Waals surface area contributed by atoms with Crippen LogP contribution in [0.5, 0.6) is 0 Å². The number of fused-ring (bicyclic) bond motifs is 2. The monoisotopic (exact) mass is 294 g/mol. The van der Waals surface area contributed by atoms with Crippen molar-refractivity contribution in [1.82, 2.24) is 0 Å². The molecular weight excluding hydrogens is 264 g/mol. The van der Waals surface area contributed by atoms with Gasteiger partial charge in [-0.1, -0.05) is 13.8 Å². The first-order valence-electron chi connectivity index (χ1n) is 8.71. The maximum absolute atomic E-state index is 12.4. The number of cyclic esters (lactones) is 1. The molecule has 120 valence electrons. The van der Waals surface area contributed by atoms with Gasteiger partial charge < -0.3 is 9.84 Å². The quantitative estimate of drug-likeness (QED) is 0.794. The number of carbonyl (C=O) groups excluding carboxylic acids is 1. The molecule has 3 aliphatic rings. The molecule has 2 aliphatic carbocycles. The lowest BCUT2D eigenvalue weighted by atomic mass is 9.71. The van der Waals surface area contributed by atoms with Crippen molar-refractivity contribution >= 4 is 5.97 Å². The van der Waals surface area contributed by atoms with Gasteiger partial charge in [0.15, 0.2) is 0 Å². The van der Waals surface area contributed by atoms with Gasteiger partial charge in [0.2, 0.25) is 0 Å². The molecule has 0 radical (unpaired) electrons. The Bertz CT molecular complexity index is 415. The molecule has 0 amide bonds. The van der Waals surface area contributed by atoms with E-state index in [1.807, 2.05) is 13.8 Å². The van der Waals surface area contributed by atoms with Crippen LogP contribution in [0, 0.1) is 35.5 Å². The van der Waals surface area contributed by atoms with Crippen LogP contribution in [0.25, 0.3) is 0 Å². The lowest BCUT2D eigenvalue weighted by molar-refractivity contribution is -0.165. The summed E-state index contributed by atoms with van der Waals surface area (Å²) in [6, 6.07) is 0. The molecule has 21 heavy (non-hydrogen) atoms. The lowest BCUT2D eigenvalue weighted by Crippen LogP contribution is -2.41. The summed E-state index contributed by atoms with van der Waals surface area (Å²) in [5.41, 5.74) is -0.373. The van der Waals surface area contributed by atoms with Gasteiger partial charge in [0.1, 0.15) is 5.60 Å². The van der Waals surface area contributed by atoms with Crippen molar-refractivity contribution in [3.05, 3.63) is 0 Å². The van der Waals surface area contributed by atoms with E-state index in [1.54, 1.807) is 0 Å². The zero-order chi connectivity index (χ0) is 15.4. The van der Waals surface area contributed by atoms with Gasteiger partial charge >= 0.3 is 5.97 Å². The third-order valence-corrected chi connectivity index (χ3v) is 6.77. The van der Waals surface area contributed by atoms with Crippen LogP contribution in [0.15, 0.2) is 0 Å². The lowest BCUT2D eigenvalue weighted by Gasteiger charge is -2.36. The molecule has 0 aromatic heterocycles. The van der Waals surface area contributed by atoms with Crippen LogP contribution in [0.4, 0.5) is 0 Å². The first-order valence-corrected chi connectivity index (χ1v) is 8.71. The van der Waals surface area contributed by atoms with E-state index in [9.17, 15) is 9.90 Å². The van der Waals surface area contributed by atoms with Crippen molar-refractivity contribution in [2.24, 2.45) is 35.5 Å². The molecule has 1 saturated heterocycles. The maximum atomic E-state index is 12.4. The van der Waals surface area contributed by atoms with Crippen LogP contribution in [0.1, 0.15) is 59.8 Å². The molecule has 7 atom stereocenters. The third-order valence-electron chi connectivity index (χ3n) is 6.77. The average molecular weight is 294 g/mol. The van der Waals surface area contributed by atoms with Gasteiger partial charge in [-0.15, -0.1) is 0 Å². The highest BCUT2D eigenvalue weighted by atomic mass is 16.6. The number of hydrogen-bond acceptors (Lipinski definition) is 3. The number of hydrogen-bond donors (Lipinski definition) is 1. The van der Waals surface area contributed by atoms with E-state index in [2.05, 4.69) is 13.8 Å². The number of aliphatic hydroxyl groups excluding tert-OH is 1. The van der Waals surface area contributed by atoms with Crippen LogP contribution in [0.3, 0.4) is 0 Å². The molecule has 3 rings (SSSR count). The Morgan fingerprint density at radius 2 is 1.95 bits per heavy atom. The minimum Gasteiger partial charge on any atom is -0.459 e. The van der Waals surface area contributed by atoms with E-state index in [0.29, 0.717) is 17.8 Å². The fourth-order valence-corrected chi connectivity index (χ4v) is 5.26. The second-order valence-corrected chi connectivity index (χ2v) is 8.45. The van der Waals surface area contributed by atoms with Crippen molar-refractivity contribution < 1.29 is 14.6 Å². The Morgan fingerprint density at radius 1 is 1.24 bits per heavy atom. The highest BCUT2D eigenvalue weighted by Crippen LogP contribution is 2.56. The summed E-state index contributed by atoms with van der Waals surface area (Å²) in [7, 11) is 0. The molecule has 0 aromatic rings. The third kappa shape index (κ3) is 2.62. The number of rotatable bonds is 2. The Hall–Kier alpha value is -0.570. The molecule has 2 saturated carbocycles. The number of ether oxygens (including phenoxy) is 1. The van der Waals surface area contributed by atoms with E-state index in [1.165, 1.54) is 6.42 Å². The minimum atomic E-state index is -0.503. The molecule has 7 unspecified atom stereocenters. The Balaban J connectivity index is 1.71. The smallest absolute Gasteiger partial charge is 0.312 e. The molecule has 0 aromatic carbocycles. The maximum Gasteiger partial charge on any atom is 0.312 e. The van der Waals surface area contributed by atoms with E-state index in [0.717, 1.165) is 37.5 Å². The highest BCUT2D eigenvalue weighted by molar-refractivity contribution is 5.74. The van der Waals surface area contributed by atoms with Gasteiger partial charge in [0.25, 0.3) is 0 Å². The standard InChI is InChI=1S/C18H30O3/c1-10-11(2)14-8-12(10)9-15(14)16(19)13-6-5-7-18(3,4)21-17(13)20/h10-16,19H,5-9H2,1-4H3. The Labute approximate surface area is 128 Å². The van der Waals surface area contributed by atoms with Gasteiger partial charge in [-0.2, -0.15) is 0 Å². The molecule has 1 aliphatic heterocycles. The second-order valence-electron chi connectivity index (χ2n) is 8.45. The predicted octanol–water partition coefficient (Wildman–Crippen LogP) is 3.40. The first-order chi connectivity index (χ1) is 9.80. The van der Waals surface area contributed by atoms with Crippen LogP contribution < -0.4 is 0 Å². The normalized spacial score (nSPS) is 47.0. The first kappa shape index (κ1) is 15.3. The molecule has 2 bridgehead atoms. The van der Waals surface area contributed by atoms with E-state index in [4.69, 9.17) is 4.74 Å². The van der Waals surface area contributed by atoms with Crippen molar-refractivity contribution in [3.8, 4) is 0 Å². The Morgan fingerprint density at radius 3 is 2.57 bits per heavy atom. The molecule has 1 N–H and O–H groups in total. The van der Waals surface area contributed by atoms with Crippen LogP contribution >= 0.6 is 0 Å². The van der Waals surface area contributed by atoms with Gasteiger partial charge in [0, 0.05) is 0 Å². The summed E-state index contributed by atoms with van der Waals surface area (Å²) in [6.07, 6.45) is 4.49. The summed E-state index contributed by atoms with van der Waals surface area (Å²) in [5.74, 6) is 2.64. The van der Waals surface area contributed by atoms with E-state index < -0.39 is 6.10 Å². The number of esters is 1. The summed E-state index contributed by atoms with van der Waals surface area (Å²) in [4.78, 5) is 12.4. The highest BCUT2D eigenvalue weighted by Gasteiger charge is 2.53. The molecular formula is C18H30O3. The molecule has 0 spiro atoms. The molecule has 3 nitrogen and oxygen atoms in total. The molecule has 1 heterocycles. The fraction of sp³-hybridized carbons (Fsp3) is 0.944. The zero-order valence-corrected chi connectivity index (χ0v) is 13.8. The van der Waals surface area contributed by atoms with E-state index >= 15 is 0 Å². The van der Waals surface area contributed by atoms with Crippen LogP contribution in [-0.2, 0) is 9.53 Å². The van der Waals surface area contributed by atoms with Crippen molar-refractivity contribution in [2.45, 2.75) is 71.5 Å². The van der Waals surface area contributed by atoms with Gasteiger partial charge in [-0.25, -0.2) is 0 Å². The average Bonchev–Trinajstić information content (AvgIpc) is 2.90. The van der Waals surface area contributed by atoms with Gasteiger partial charge in [-0.05, 0) is 75.5 Å². The van der Waals surface area contributed by atoms with Crippen LogP contribution in [-0.4, -0.2) is 22.8 Å². The second kappa shape index (κ2) is 5.26. The van der Waals surface area contributed by atoms with Crippen molar-refractivity contribution in [1.29, 1.82) is 0 Å². The minimum absolute atomic E-state index is 0.173. The summed E-state index contributed by atoms with van der Waals surface area (Å²) < 4.78 is 5.62. The van der Waals surface area contributed by atoms with Crippen molar-refractivity contribution in [3.63, 3.8) is 0 Å². The van der Waals surface area contributed by atoms with Gasteiger partial charge in [0.05, 0.1) is 12.0 Å². The Kier molecular flexibility index (Phi) is 3.84. The molecule has 3 fully saturated rings. The fourth-order valence-electron chi connectivity index (χ4n) is 5.26. The largest absolute Gasteiger partial charge is 0.459 e. The van der Waals surface area contributed by atoms with Crippen LogP contribution in [0.2, 0.25) is 0 Å². The topological polar surface area (TPSA) is 46.5 Å². The summed E-state index contributed by atoms with van der Waals surface area (Å²) in [5, 5.41) is 10.9. The zero-order valence-electron chi connectivity index (χ0n) is 13.8.